The maximum Gasteiger partial charge on any atom is 0.261 e. The van der Waals surface area contributed by atoms with Gasteiger partial charge in [-0.3, -0.25) is 14.4 Å². The second-order valence-corrected chi connectivity index (χ2v) is 7.65. The summed E-state index contributed by atoms with van der Waals surface area (Å²) in [7, 11) is 0. The minimum Gasteiger partial charge on any atom is -0.370 e. The van der Waals surface area contributed by atoms with Crippen molar-refractivity contribution in [2.75, 3.05) is 36.5 Å². The Morgan fingerprint density at radius 3 is 2.78 bits per heavy atom. The standard InChI is InChI=1S/C18H18ClN3O4S/c1-11-8-12(2-3-13(11)22-6-7-26-10-17(22)24)21-16(23)9-20-18(25)14-4-5-15(19)27-14/h2-5,8H,6-7,9-10H2,1H3,(H,20,25)(H,21,23). The number of halogens is 1. The van der Waals surface area contributed by atoms with Crippen LogP contribution in [0.1, 0.15) is 15.2 Å². The molecule has 1 aromatic carbocycles. The Morgan fingerprint density at radius 2 is 2.11 bits per heavy atom. The van der Waals surface area contributed by atoms with Gasteiger partial charge in [-0.1, -0.05) is 11.6 Å². The molecule has 2 aromatic rings. The molecule has 0 spiro atoms. The van der Waals surface area contributed by atoms with Crippen LogP contribution in [0.5, 0.6) is 0 Å². The van der Waals surface area contributed by atoms with Gasteiger partial charge in [0.05, 0.1) is 22.4 Å². The lowest BCUT2D eigenvalue weighted by Gasteiger charge is -2.28. The normalized spacial score (nSPS) is 14.1. The lowest BCUT2D eigenvalue weighted by Crippen LogP contribution is -2.42. The molecule has 1 aliphatic heterocycles. The average molecular weight is 408 g/mol. The molecule has 0 unspecified atom stereocenters. The van der Waals surface area contributed by atoms with Gasteiger partial charge in [-0.05, 0) is 42.8 Å². The smallest absolute Gasteiger partial charge is 0.261 e. The van der Waals surface area contributed by atoms with Crippen molar-refractivity contribution in [1.82, 2.24) is 5.32 Å². The lowest BCUT2D eigenvalue weighted by atomic mass is 10.1. The first-order chi connectivity index (χ1) is 12.9. The molecule has 142 valence electrons. The highest BCUT2D eigenvalue weighted by atomic mass is 35.5. The van der Waals surface area contributed by atoms with Crippen molar-refractivity contribution in [1.29, 1.82) is 0 Å². The Bertz CT molecular complexity index is 883. The number of anilines is 2. The second kappa shape index (κ2) is 8.51. The molecule has 0 aliphatic carbocycles. The van der Waals surface area contributed by atoms with Crippen LogP contribution in [-0.4, -0.2) is 44.0 Å². The van der Waals surface area contributed by atoms with Gasteiger partial charge in [0.15, 0.2) is 0 Å². The minimum absolute atomic E-state index is 0.0765. The molecule has 1 aliphatic rings. The van der Waals surface area contributed by atoms with Crippen LogP contribution in [-0.2, 0) is 14.3 Å². The largest absolute Gasteiger partial charge is 0.370 e. The quantitative estimate of drug-likeness (QED) is 0.796. The van der Waals surface area contributed by atoms with E-state index in [0.29, 0.717) is 28.1 Å². The van der Waals surface area contributed by atoms with Gasteiger partial charge in [0.1, 0.15) is 6.61 Å². The predicted molar refractivity (Wildman–Crippen MR) is 105 cm³/mol. The number of amides is 3. The monoisotopic (exact) mass is 407 g/mol. The first kappa shape index (κ1) is 19.3. The second-order valence-electron chi connectivity index (χ2n) is 5.93. The van der Waals surface area contributed by atoms with Crippen LogP contribution in [0.15, 0.2) is 30.3 Å². The van der Waals surface area contributed by atoms with Gasteiger partial charge in [0, 0.05) is 17.9 Å². The van der Waals surface area contributed by atoms with Crippen molar-refractivity contribution in [2.24, 2.45) is 0 Å². The van der Waals surface area contributed by atoms with Gasteiger partial charge in [-0.2, -0.15) is 0 Å². The van der Waals surface area contributed by atoms with E-state index in [9.17, 15) is 14.4 Å². The number of hydrogen-bond acceptors (Lipinski definition) is 5. The van der Waals surface area contributed by atoms with E-state index in [1.807, 2.05) is 6.92 Å². The molecular weight excluding hydrogens is 390 g/mol. The Kier molecular flexibility index (Phi) is 6.10. The van der Waals surface area contributed by atoms with E-state index in [-0.39, 0.29) is 30.9 Å². The highest BCUT2D eigenvalue weighted by Gasteiger charge is 2.21. The van der Waals surface area contributed by atoms with Crippen molar-refractivity contribution >= 4 is 52.0 Å². The van der Waals surface area contributed by atoms with Gasteiger partial charge < -0.3 is 20.3 Å². The number of carbonyl (C=O) groups excluding carboxylic acids is 3. The summed E-state index contributed by atoms with van der Waals surface area (Å²) in [6.07, 6.45) is 0. The van der Waals surface area contributed by atoms with E-state index in [0.717, 1.165) is 22.6 Å². The number of benzene rings is 1. The summed E-state index contributed by atoms with van der Waals surface area (Å²) in [4.78, 5) is 38.1. The highest BCUT2D eigenvalue weighted by Crippen LogP contribution is 2.25. The SMILES string of the molecule is Cc1cc(NC(=O)CNC(=O)c2ccc(Cl)s2)ccc1N1CCOCC1=O. The number of thiophene rings is 1. The zero-order valence-corrected chi connectivity index (χ0v) is 16.2. The molecule has 0 saturated carbocycles. The molecule has 3 amide bonds. The molecule has 9 heteroatoms. The van der Waals surface area contributed by atoms with Gasteiger partial charge in [0.2, 0.25) is 5.91 Å². The number of nitrogens with zero attached hydrogens (tertiary/aromatic N) is 1. The predicted octanol–water partition coefficient (Wildman–Crippen LogP) is 2.44. The van der Waals surface area contributed by atoms with Crippen molar-refractivity contribution in [2.45, 2.75) is 6.92 Å². The number of carbonyl (C=O) groups is 3. The summed E-state index contributed by atoms with van der Waals surface area (Å²) in [5, 5.41) is 5.28. The molecule has 27 heavy (non-hydrogen) atoms. The number of morpholine rings is 1. The highest BCUT2D eigenvalue weighted by molar-refractivity contribution is 7.18. The Hall–Kier alpha value is -2.42. The summed E-state index contributed by atoms with van der Waals surface area (Å²) < 4.78 is 5.65. The number of nitrogens with one attached hydrogen (secondary N) is 2. The van der Waals surface area contributed by atoms with Crippen molar-refractivity contribution < 1.29 is 19.1 Å². The van der Waals surface area contributed by atoms with E-state index >= 15 is 0 Å². The van der Waals surface area contributed by atoms with Gasteiger partial charge in [-0.15, -0.1) is 11.3 Å². The van der Waals surface area contributed by atoms with Crippen molar-refractivity contribution in [3.8, 4) is 0 Å². The molecule has 2 heterocycles. The molecule has 2 N–H and O–H groups in total. The maximum atomic E-state index is 12.1. The fourth-order valence-electron chi connectivity index (χ4n) is 2.70. The third kappa shape index (κ3) is 4.85. The van der Waals surface area contributed by atoms with Crippen LogP contribution >= 0.6 is 22.9 Å². The summed E-state index contributed by atoms with van der Waals surface area (Å²) >= 11 is 6.94. The van der Waals surface area contributed by atoms with Crippen LogP contribution in [0.25, 0.3) is 0 Å². The van der Waals surface area contributed by atoms with Gasteiger partial charge >= 0.3 is 0 Å². The third-order valence-corrected chi connectivity index (χ3v) is 5.19. The maximum absolute atomic E-state index is 12.1. The molecule has 7 nitrogen and oxygen atoms in total. The average Bonchev–Trinajstić information content (AvgIpc) is 3.07. The Morgan fingerprint density at radius 1 is 1.30 bits per heavy atom. The first-order valence-electron chi connectivity index (χ1n) is 8.26. The first-order valence-corrected chi connectivity index (χ1v) is 9.45. The molecule has 1 fully saturated rings. The van der Waals surface area contributed by atoms with E-state index in [2.05, 4.69) is 10.6 Å². The van der Waals surface area contributed by atoms with Crippen LogP contribution in [0.2, 0.25) is 4.34 Å². The zero-order chi connectivity index (χ0) is 19.4. The number of hydrogen-bond donors (Lipinski definition) is 2. The van der Waals surface area contributed by atoms with E-state index in [1.54, 1.807) is 35.2 Å². The van der Waals surface area contributed by atoms with E-state index < -0.39 is 0 Å². The number of aryl methyl sites for hydroxylation is 1. The van der Waals surface area contributed by atoms with Crippen LogP contribution in [0, 0.1) is 6.92 Å². The zero-order valence-electron chi connectivity index (χ0n) is 14.6. The minimum atomic E-state index is -0.348. The van der Waals surface area contributed by atoms with Crippen molar-refractivity contribution in [3.63, 3.8) is 0 Å². The summed E-state index contributed by atoms with van der Waals surface area (Å²) in [5.41, 5.74) is 2.25. The van der Waals surface area contributed by atoms with Crippen LogP contribution in [0.4, 0.5) is 11.4 Å². The number of ether oxygens (including phenoxy) is 1. The van der Waals surface area contributed by atoms with Crippen molar-refractivity contribution in [3.05, 3.63) is 45.1 Å². The van der Waals surface area contributed by atoms with Crippen LogP contribution in [0.3, 0.4) is 0 Å². The molecule has 0 atom stereocenters. The van der Waals surface area contributed by atoms with Crippen LogP contribution < -0.4 is 15.5 Å². The summed E-state index contributed by atoms with van der Waals surface area (Å²) in [6, 6.07) is 8.54. The third-order valence-electron chi connectivity index (χ3n) is 3.96. The summed E-state index contributed by atoms with van der Waals surface area (Å²) in [5.74, 6) is -0.780. The molecule has 3 rings (SSSR count). The number of rotatable bonds is 5. The molecule has 0 bridgehead atoms. The molecular formula is C18H18ClN3O4S. The molecule has 1 aromatic heterocycles. The molecule has 0 radical (unpaired) electrons. The lowest BCUT2D eigenvalue weighted by molar-refractivity contribution is -0.125. The topological polar surface area (TPSA) is 87.7 Å². The Balaban J connectivity index is 1.57. The fraction of sp³-hybridized carbons (Fsp3) is 0.278. The Labute approximate surface area is 165 Å². The van der Waals surface area contributed by atoms with E-state index in [1.165, 1.54) is 0 Å². The van der Waals surface area contributed by atoms with E-state index in [4.69, 9.17) is 16.3 Å². The van der Waals surface area contributed by atoms with Gasteiger partial charge in [0.25, 0.3) is 11.8 Å². The van der Waals surface area contributed by atoms with Gasteiger partial charge in [-0.25, -0.2) is 0 Å². The fourth-order valence-corrected chi connectivity index (χ4v) is 3.66. The molecule has 1 saturated heterocycles. The summed E-state index contributed by atoms with van der Waals surface area (Å²) in [6.45, 7) is 2.79.